The average molecular weight is 283 g/mol. The first kappa shape index (κ1) is 13.7. The van der Waals surface area contributed by atoms with Gasteiger partial charge in [-0.1, -0.05) is 17.3 Å². The molecule has 19 heavy (non-hydrogen) atoms. The number of hydrogen-bond donors (Lipinski definition) is 0. The van der Waals surface area contributed by atoms with Crippen molar-refractivity contribution in [1.29, 1.82) is 0 Å². The minimum absolute atomic E-state index is 0.148. The number of halogens is 1. The topological polar surface area (TPSA) is 60.2 Å². The Labute approximate surface area is 111 Å². The molecule has 0 saturated carbocycles. The van der Waals surface area contributed by atoms with E-state index in [4.69, 9.17) is 4.52 Å². The first-order valence-electron chi connectivity index (χ1n) is 5.74. The number of benzene rings is 1. The third-order valence-corrected chi connectivity index (χ3v) is 4.32. The normalized spacial score (nSPS) is 11.7. The lowest BCUT2D eigenvalue weighted by molar-refractivity contribution is 0.392. The molecule has 0 radical (unpaired) electrons. The summed E-state index contributed by atoms with van der Waals surface area (Å²) in [5.41, 5.74) is 1.59. The van der Waals surface area contributed by atoms with Gasteiger partial charge in [-0.3, -0.25) is 0 Å². The molecule has 0 aliphatic rings. The molecule has 0 N–H and O–H groups in total. The van der Waals surface area contributed by atoms with Crippen molar-refractivity contribution in [2.24, 2.45) is 0 Å². The zero-order valence-corrected chi connectivity index (χ0v) is 11.5. The van der Waals surface area contributed by atoms with Crippen LogP contribution in [-0.4, -0.2) is 13.6 Å². The predicted molar refractivity (Wildman–Crippen MR) is 68.7 cm³/mol. The summed E-state index contributed by atoms with van der Waals surface area (Å²) in [6.45, 7) is 3.37. The Bertz CT molecular complexity index is 672. The maximum Gasteiger partial charge on any atom is 0.158 e. The molecule has 2 aromatic rings. The largest absolute Gasteiger partial charge is 0.361 e. The number of aryl methyl sites for hydroxylation is 2. The van der Waals surface area contributed by atoms with Crippen LogP contribution in [0.15, 0.2) is 28.8 Å². The fourth-order valence-corrected chi connectivity index (χ4v) is 3.50. The van der Waals surface area contributed by atoms with E-state index in [1.807, 2.05) is 0 Å². The molecule has 0 aliphatic carbocycles. The lowest BCUT2D eigenvalue weighted by Gasteiger charge is -2.04. The number of nitrogens with zero attached hydrogens (tertiary/aromatic N) is 1. The van der Waals surface area contributed by atoms with E-state index in [9.17, 15) is 12.8 Å². The second kappa shape index (κ2) is 5.13. The molecule has 2 rings (SSSR count). The quantitative estimate of drug-likeness (QED) is 0.865. The summed E-state index contributed by atoms with van der Waals surface area (Å²) in [5.74, 6) is -0.287. The predicted octanol–water partition coefficient (Wildman–Crippen LogP) is 2.55. The number of aromatic nitrogens is 1. The Morgan fingerprint density at radius 3 is 2.58 bits per heavy atom. The Hall–Kier alpha value is -1.69. The van der Waals surface area contributed by atoms with Crippen LogP contribution < -0.4 is 0 Å². The summed E-state index contributed by atoms with van der Waals surface area (Å²) in [7, 11) is -3.39. The second-order valence-corrected chi connectivity index (χ2v) is 6.53. The molecule has 6 heteroatoms. The van der Waals surface area contributed by atoms with Gasteiger partial charge in [0.1, 0.15) is 11.6 Å². The highest BCUT2D eigenvalue weighted by atomic mass is 32.2. The van der Waals surface area contributed by atoms with Gasteiger partial charge in [0.05, 0.1) is 17.2 Å². The minimum Gasteiger partial charge on any atom is -0.361 e. The highest BCUT2D eigenvalue weighted by Crippen LogP contribution is 2.18. The summed E-state index contributed by atoms with van der Waals surface area (Å²) < 4.78 is 42.1. The van der Waals surface area contributed by atoms with E-state index in [-0.39, 0.29) is 11.5 Å². The molecule has 0 saturated heterocycles. The van der Waals surface area contributed by atoms with Crippen LogP contribution in [0.3, 0.4) is 0 Å². The monoisotopic (exact) mass is 283 g/mol. The van der Waals surface area contributed by atoms with Crippen LogP contribution in [0.2, 0.25) is 0 Å². The SMILES string of the molecule is Cc1noc(C)c1CS(=O)(=O)Cc1cccc(F)c1. The lowest BCUT2D eigenvalue weighted by atomic mass is 10.2. The van der Waals surface area contributed by atoms with Crippen LogP contribution >= 0.6 is 0 Å². The molecule has 0 bridgehead atoms. The van der Waals surface area contributed by atoms with Crippen LogP contribution in [0.5, 0.6) is 0 Å². The van der Waals surface area contributed by atoms with Gasteiger partial charge in [0.15, 0.2) is 9.84 Å². The smallest absolute Gasteiger partial charge is 0.158 e. The zero-order valence-electron chi connectivity index (χ0n) is 10.7. The average Bonchev–Trinajstić information content (AvgIpc) is 2.60. The fourth-order valence-electron chi connectivity index (χ4n) is 1.86. The molecule has 1 heterocycles. The Morgan fingerprint density at radius 1 is 1.26 bits per heavy atom. The summed E-state index contributed by atoms with van der Waals surface area (Å²) in [6.07, 6.45) is 0. The van der Waals surface area contributed by atoms with Crippen LogP contribution in [0.1, 0.15) is 22.6 Å². The fraction of sp³-hybridized carbons (Fsp3) is 0.308. The van der Waals surface area contributed by atoms with Crippen LogP contribution in [-0.2, 0) is 21.3 Å². The molecule has 0 unspecified atom stereocenters. The van der Waals surface area contributed by atoms with Gasteiger partial charge < -0.3 is 4.52 Å². The molecule has 0 spiro atoms. The molecular weight excluding hydrogens is 269 g/mol. The van der Waals surface area contributed by atoms with E-state index in [1.54, 1.807) is 19.9 Å². The van der Waals surface area contributed by atoms with E-state index in [0.717, 1.165) is 0 Å². The maximum atomic E-state index is 13.0. The molecule has 1 aromatic carbocycles. The summed E-state index contributed by atoms with van der Waals surface area (Å²) >= 11 is 0. The summed E-state index contributed by atoms with van der Waals surface area (Å²) in [5, 5.41) is 3.72. The van der Waals surface area contributed by atoms with Crippen molar-refractivity contribution in [1.82, 2.24) is 5.16 Å². The van der Waals surface area contributed by atoms with Gasteiger partial charge >= 0.3 is 0 Å². The number of hydrogen-bond acceptors (Lipinski definition) is 4. The summed E-state index contributed by atoms with van der Waals surface area (Å²) in [4.78, 5) is 0. The molecular formula is C13H14FNO3S. The second-order valence-electron chi connectivity index (χ2n) is 4.46. The van der Waals surface area contributed by atoms with Crippen LogP contribution in [0, 0.1) is 19.7 Å². The van der Waals surface area contributed by atoms with Crippen molar-refractivity contribution in [2.75, 3.05) is 0 Å². The van der Waals surface area contributed by atoms with Gasteiger partial charge in [0, 0.05) is 5.56 Å². The van der Waals surface area contributed by atoms with Crippen LogP contribution in [0.25, 0.3) is 0 Å². The molecule has 1 aromatic heterocycles. The maximum absolute atomic E-state index is 13.0. The summed E-state index contributed by atoms with van der Waals surface area (Å²) in [6, 6.07) is 5.60. The van der Waals surface area contributed by atoms with E-state index in [1.165, 1.54) is 18.2 Å². The van der Waals surface area contributed by atoms with E-state index in [0.29, 0.717) is 22.6 Å². The first-order chi connectivity index (χ1) is 8.87. The highest BCUT2D eigenvalue weighted by Gasteiger charge is 2.19. The molecule has 0 amide bonds. The molecule has 0 atom stereocenters. The standard InChI is InChI=1S/C13H14FNO3S/c1-9-13(10(2)18-15-9)8-19(16,17)7-11-4-3-5-12(14)6-11/h3-6H,7-8H2,1-2H3. The third kappa shape index (κ3) is 3.41. The molecule has 4 nitrogen and oxygen atoms in total. The van der Waals surface area contributed by atoms with Gasteiger partial charge in [-0.25, -0.2) is 12.8 Å². The minimum atomic E-state index is -3.39. The van der Waals surface area contributed by atoms with Crippen molar-refractivity contribution in [3.63, 3.8) is 0 Å². The van der Waals surface area contributed by atoms with Gasteiger partial charge in [0.2, 0.25) is 0 Å². The lowest BCUT2D eigenvalue weighted by Crippen LogP contribution is -2.09. The third-order valence-electron chi connectivity index (χ3n) is 2.82. The van der Waals surface area contributed by atoms with Crippen molar-refractivity contribution in [3.05, 3.63) is 52.7 Å². The zero-order chi connectivity index (χ0) is 14.0. The van der Waals surface area contributed by atoms with Gasteiger partial charge in [-0.15, -0.1) is 0 Å². The Kier molecular flexibility index (Phi) is 3.71. The van der Waals surface area contributed by atoms with Crippen molar-refractivity contribution in [3.8, 4) is 0 Å². The number of rotatable bonds is 4. The first-order valence-corrected chi connectivity index (χ1v) is 7.56. The number of sulfone groups is 1. The molecule has 0 fully saturated rings. The van der Waals surface area contributed by atoms with E-state index >= 15 is 0 Å². The van der Waals surface area contributed by atoms with E-state index in [2.05, 4.69) is 5.16 Å². The van der Waals surface area contributed by atoms with Gasteiger partial charge in [-0.05, 0) is 31.5 Å². The van der Waals surface area contributed by atoms with Gasteiger partial charge in [0.25, 0.3) is 0 Å². The van der Waals surface area contributed by atoms with E-state index < -0.39 is 15.7 Å². The Morgan fingerprint density at radius 2 is 2.00 bits per heavy atom. The molecule has 102 valence electrons. The molecule has 0 aliphatic heterocycles. The highest BCUT2D eigenvalue weighted by molar-refractivity contribution is 7.89. The van der Waals surface area contributed by atoms with Crippen molar-refractivity contribution in [2.45, 2.75) is 25.4 Å². The Balaban J connectivity index is 2.20. The van der Waals surface area contributed by atoms with Gasteiger partial charge in [-0.2, -0.15) is 0 Å². The van der Waals surface area contributed by atoms with Crippen molar-refractivity contribution >= 4 is 9.84 Å². The van der Waals surface area contributed by atoms with Crippen LogP contribution in [0.4, 0.5) is 4.39 Å². The van der Waals surface area contributed by atoms with Crippen molar-refractivity contribution < 1.29 is 17.3 Å².